The van der Waals surface area contributed by atoms with Gasteiger partial charge in [0.05, 0.1) is 24.2 Å². The number of furan rings is 1. The Morgan fingerprint density at radius 3 is 2.88 bits per heavy atom. The Morgan fingerprint density at radius 1 is 1.15 bits per heavy atom. The number of fused-ring (bicyclic) bond motifs is 1. The molecule has 0 saturated heterocycles. The summed E-state index contributed by atoms with van der Waals surface area (Å²) >= 11 is 0. The second-order valence-corrected chi connectivity index (χ2v) is 5.97. The third kappa shape index (κ3) is 3.39. The van der Waals surface area contributed by atoms with Gasteiger partial charge in [-0.3, -0.25) is 4.79 Å². The van der Waals surface area contributed by atoms with E-state index >= 15 is 0 Å². The zero-order chi connectivity index (χ0) is 17.8. The van der Waals surface area contributed by atoms with Gasteiger partial charge in [0.15, 0.2) is 5.76 Å². The summed E-state index contributed by atoms with van der Waals surface area (Å²) in [6.45, 7) is 1.76. The number of aromatic nitrogens is 4. The molecule has 1 N–H and O–H groups in total. The number of hydrogen-bond acceptors (Lipinski definition) is 7. The van der Waals surface area contributed by atoms with Gasteiger partial charge >= 0.3 is 0 Å². The predicted octanol–water partition coefficient (Wildman–Crippen LogP) is 1.71. The second-order valence-electron chi connectivity index (χ2n) is 5.97. The van der Waals surface area contributed by atoms with Crippen molar-refractivity contribution in [3.63, 3.8) is 0 Å². The lowest BCUT2D eigenvalue weighted by atomic mass is 10.1. The van der Waals surface area contributed by atoms with Gasteiger partial charge in [0.1, 0.15) is 18.5 Å². The van der Waals surface area contributed by atoms with E-state index in [4.69, 9.17) is 4.42 Å². The van der Waals surface area contributed by atoms with Crippen molar-refractivity contribution in [2.75, 3.05) is 18.4 Å². The minimum absolute atomic E-state index is 0.0914. The second kappa shape index (κ2) is 7.30. The van der Waals surface area contributed by atoms with Gasteiger partial charge in [-0.1, -0.05) is 0 Å². The molecule has 0 fully saturated rings. The molecule has 0 atom stereocenters. The highest BCUT2D eigenvalue weighted by atomic mass is 16.3. The van der Waals surface area contributed by atoms with Crippen molar-refractivity contribution in [2.24, 2.45) is 0 Å². The predicted molar refractivity (Wildman–Crippen MR) is 93.4 cm³/mol. The average molecular weight is 350 g/mol. The van der Waals surface area contributed by atoms with Crippen molar-refractivity contribution >= 4 is 11.7 Å². The molecule has 3 aromatic heterocycles. The molecule has 8 nitrogen and oxygen atoms in total. The van der Waals surface area contributed by atoms with E-state index in [1.807, 2.05) is 6.07 Å². The molecular formula is C18H18N6O2. The van der Waals surface area contributed by atoms with E-state index in [1.54, 1.807) is 29.6 Å². The molecule has 3 aromatic rings. The Hall–Kier alpha value is -3.29. The van der Waals surface area contributed by atoms with Crippen LogP contribution in [-0.4, -0.2) is 43.8 Å². The summed E-state index contributed by atoms with van der Waals surface area (Å²) < 4.78 is 5.23. The molecule has 0 radical (unpaired) electrons. The van der Waals surface area contributed by atoms with Crippen LogP contribution < -0.4 is 5.32 Å². The van der Waals surface area contributed by atoms with Crippen molar-refractivity contribution < 1.29 is 9.21 Å². The molecular weight excluding hydrogens is 332 g/mol. The fourth-order valence-corrected chi connectivity index (χ4v) is 3.03. The van der Waals surface area contributed by atoms with Gasteiger partial charge < -0.3 is 14.6 Å². The zero-order valence-corrected chi connectivity index (χ0v) is 14.1. The normalized spacial score (nSPS) is 13.8. The maximum atomic E-state index is 12.5. The molecule has 0 saturated carbocycles. The van der Waals surface area contributed by atoms with Crippen LogP contribution in [0.5, 0.6) is 0 Å². The van der Waals surface area contributed by atoms with E-state index in [0.29, 0.717) is 38.2 Å². The number of anilines is 1. The summed E-state index contributed by atoms with van der Waals surface area (Å²) in [6, 6.07) is 5.27. The van der Waals surface area contributed by atoms with Gasteiger partial charge in [0, 0.05) is 31.3 Å². The Labute approximate surface area is 150 Å². The average Bonchev–Trinajstić information content (AvgIpc) is 3.13. The van der Waals surface area contributed by atoms with Crippen LogP contribution in [0.25, 0.3) is 0 Å². The summed E-state index contributed by atoms with van der Waals surface area (Å²) in [4.78, 5) is 31.2. The minimum atomic E-state index is -0.0914. The molecule has 1 aliphatic heterocycles. The first-order valence-electron chi connectivity index (χ1n) is 8.45. The first kappa shape index (κ1) is 16.2. The van der Waals surface area contributed by atoms with Crippen molar-refractivity contribution in [3.05, 3.63) is 66.0 Å². The maximum Gasteiger partial charge on any atom is 0.289 e. The van der Waals surface area contributed by atoms with Crippen molar-refractivity contribution in [2.45, 2.75) is 19.4 Å². The topological polar surface area (TPSA) is 97.0 Å². The van der Waals surface area contributed by atoms with E-state index in [2.05, 4.69) is 25.3 Å². The first-order valence-corrected chi connectivity index (χ1v) is 8.45. The van der Waals surface area contributed by atoms with Gasteiger partial charge in [-0.2, -0.15) is 0 Å². The summed E-state index contributed by atoms with van der Waals surface area (Å²) in [5, 5.41) is 3.33. The summed E-state index contributed by atoms with van der Waals surface area (Å²) in [5.41, 5.74) is 2.91. The molecule has 0 unspecified atom stereocenters. The molecule has 4 heterocycles. The van der Waals surface area contributed by atoms with Gasteiger partial charge in [-0.25, -0.2) is 19.9 Å². The third-order valence-corrected chi connectivity index (χ3v) is 4.38. The first-order chi connectivity index (χ1) is 12.8. The smallest absolute Gasteiger partial charge is 0.289 e. The molecule has 0 spiro atoms. The van der Waals surface area contributed by atoms with E-state index in [9.17, 15) is 4.79 Å². The lowest BCUT2D eigenvalue weighted by Crippen LogP contribution is -2.33. The van der Waals surface area contributed by atoms with E-state index in [1.165, 1.54) is 12.6 Å². The quantitative estimate of drug-likeness (QED) is 0.765. The fourth-order valence-electron chi connectivity index (χ4n) is 3.03. The molecule has 4 rings (SSSR count). The fraction of sp³-hybridized carbons (Fsp3) is 0.278. The number of nitrogens with one attached hydrogen (secondary N) is 1. The van der Waals surface area contributed by atoms with Crippen LogP contribution >= 0.6 is 0 Å². The Morgan fingerprint density at radius 2 is 2.08 bits per heavy atom. The molecule has 0 aliphatic carbocycles. The highest BCUT2D eigenvalue weighted by molar-refractivity contribution is 5.91. The molecule has 1 amide bonds. The Balaban J connectivity index is 1.48. The Bertz CT molecular complexity index is 882. The molecule has 0 bridgehead atoms. The van der Waals surface area contributed by atoms with Crippen LogP contribution in [0.1, 0.15) is 27.5 Å². The number of carbonyl (C=O) groups excluding carboxylic acids is 1. The van der Waals surface area contributed by atoms with E-state index in [0.717, 1.165) is 22.8 Å². The summed E-state index contributed by atoms with van der Waals surface area (Å²) in [6.07, 6.45) is 7.69. The summed E-state index contributed by atoms with van der Waals surface area (Å²) in [7, 11) is 0. The largest absolute Gasteiger partial charge is 0.459 e. The van der Waals surface area contributed by atoms with Crippen LogP contribution in [0.4, 0.5) is 5.82 Å². The molecule has 0 aromatic carbocycles. The molecule has 1 aliphatic rings. The van der Waals surface area contributed by atoms with Gasteiger partial charge in [0.2, 0.25) is 0 Å². The van der Waals surface area contributed by atoms with Crippen LogP contribution in [0.3, 0.4) is 0 Å². The lowest BCUT2D eigenvalue weighted by Gasteiger charge is -2.18. The SMILES string of the molecule is O=C(c1ccco1)N1CCc2ncnc(NCc3ccncn3)c2CC1. The number of hydrogen-bond donors (Lipinski definition) is 1. The number of amides is 1. The lowest BCUT2D eigenvalue weighted by molar-refractivity contribution is 0.0731. The molecule has 8 heteroatoms. The van der Waals surface area contributed by atoms with Crippen LogP contribution in [0.15, 0.2) is 47.7 Å². The van der Waals surface area contributed by atoms with Crippen LogP contribution in [0, 0.1) is 0 Å². The van der Waals surface area contributed by atoms with E-state index in [-0.39, 0.29) is 5.91 Å². The molecule has 132 valence electrons. The molecule has 26 heavy (non-hydrogen) atoms. The third-order valence-electron chi connectivity index (χ3n) is 4.38. The van der Waals surface area contributed by atoms with Crippen molar-refractivity contribution in [1.82, 2.24) is 24.8 Å². The van der Waals surface area contributed by atoms with Crippen LogP contribution in [0.2, 0.25) is 0 Å². The zero-order valence-electron chi connectivity index (χ0n) is 14.1. The maximum absolute atomic E-state index is 12.5. The van der Waals surface area contributed by atoms with Crippen LogP contribution in [-0.2, 0) is 19.4 Å². The highest BCUT2D eigenvalue weighted by Crippen LogP contribution is 2.21. The summed E-state index contributed by atoms with van der Waals surface area (Å²) in [5.74, 6) is 1.07. The van der Waals surface area contributed by atoms with Crippen molar-refractivity contribution in [3.8, 4) is 0 Å². The highest BCUT2D eigenvalue weighted by Gasteiger charge is 2.23. The monoisotopic (exact) mass is 350 g/mol. The van der Waals surface area contributed by atoms with Gasteiger partial charge in [0.25, 0.3) is 5.91 Å². The number of carbonyl (C=O) groups is 1. The van der Waals surface area contributed by atoms with Crippen molar-refractivity contribution in [1.29, 1.82) is 0 Å². The standard InChI is InChI=1S/C18H18N6O2/c25-18(16-2-1-9-26-16)24-7-4-14-15(5-8-24)22-12-23-17(14)20-10-13-3-6-19-11-21-13/h1-3,6,9,11-12H,4-5,7-8,10H2,(H,20,22,23). The van der Waals surface area contributed by atoms with Gasteiger partial charge in [-0.05, 0) is 24.6 Å². The minimum Gasteiger partial charge on any atom is -0.459 e. The number of nitrogens with zero attached hydrogens (tertiary/aromatic N) is 5. The van der Waals surface area contributed by atoms with E-state index < -0.39 is 0 Å². The number of rotatable bonds is 4. The van der Waals surface area contributed by atoms with Gasteiger partial charge in [-0.15, -0.1) is 0 Å². The Kier molecular flexibility index (Phi) is 4.55.